The van der Waals surface area contributed by atoms with Gasteiger partial charge in [0.15, 0.2) is 17.2 Å². The van der Waals surface area contributed by atoms with Gasteiger partial charge in [0.1, 0.15) is 0 Å². The molecule has 1 heterocycles. The van der Waals surface area contributed by atoms with Gasteiger partial charge in [-0.15, -0.1) is 0 Å². The van der Waals surface area contributed by atoms with Gasteiger partial charge in [0.05, 0.1) is 11.9 Å². The molecule has 0 fully saturated rings. The van der Waals surface area contributed by atoms with Crippen LogP contribution < -0.4 is 5.32 Å². The molecule has 98 valence electrons. The largest absolute Gasteiger partial charge is 0.504 e. The number of anilines is 1. The maximum absolute atomic E-state index is 11.9. The van der Waals surface area contributed by atoms with Gasteiger partial charge in [0.25, 0.3) is 5.91 Å². The van der Waals surface area contributed by atoms with Gasteiger partial charge in [-0.1, -0.05) is 0 Å². The lowest BCUT2D eigenvalue weighted by molar-refractivity contribution is 0.102. The molecule has 0 saturated heterocycles. The molecule has 1 aromatic carbocycles. The molecule has 6 heteroatoms. The van der Waals surface area contributed by atoms with Crippen LogP contribution in [-0.4, -0.2) is 26.2 Å². The van der Waals surface area contributed by atoms with Gasteiger partial charge in [-0.3, -0.25) is 9.78 Å². The lowest BCUT2D eigenvalue weighted by Crippen LogP contribution is -2.11. The van der Waals surface area contributed by atoms with Crippen LogP contribution in [-0.2, 0) is 0 Å². The lowest BCUT2D eigenvalue weighted by Gasteiger charge is -2.07. The number of rotatable bonds is 2. The van der Waals surface area contributed by atoms with E-state index in [0.29, 0.717) is 5.69 Å². The molecule has 4 N–H and O–H groups in total. The number of aromatic nitrogens is 1. The number of phenolic OH excluding ortho intramolecular Hbond substituents is 3. The first-order valence-corrected chi connectivity index (χ1v) is 5.46. The predicted molar refractivity (Wildman–Crippen MR) is 68.4 cm³/mol. The number of phenols is 3. The number of carbonyl (C=O) groups is 1. The number of benzene rings is 1. The number of amides is 1. The van der Waals surface area contributed by atoms with Gasteiger partial charge in [0, 0.05) is 11.3 Å². The molecule has 0 spiro atoms. The van der Waals surface area contributed by atoms with Gasteiger partial charge in [-0.05, 0) is 31.2 Å². The van der Waals surface area contributed by atoms with Gasteiger partial charge < -0.3 is 20.6 Å². The van der Waals surface area contributed by atoms with Crippen LogP contribution in [0.4, 0.5) is 5.69 Å². The topological polar surface area (TPSA) is 103 Å². The van der Waals surface area contributed by atoms with Gasteiger partial charge in [-0.2, -0.15) is 0 Å². The average Bonchev–Trinajstić information content (AvgIpc) is 2.38. The first-order chi connectivity index (χ1) is 8.97. The molecule has 19 heavy (non-hydrogen) atoms. The number of hydrogen-bond acceptors (Lipinski definition) is 5. The van der Waals surface area contributed by atoms with Crippen LogP contribution in [0.2, 0.25) is 0 Å². The number of carbonyl (C=O) groups excluding carboxylic acids is 1. The molecular weight excluding hydrogens is 248 g/mol. The zero-order valence-corrected chi connectivity index (χ0v) is 10.1. The van der Waals surface area contributed by atoms with Crippen LogP contribution in [0, 0.1) is 6.92 Å². The number of nitrogens with zero attached hydrogens (tertiary/aromatic N) is 1. The first-order valence-electron chi connectivity index (χ1n) is 5.46. The van der Waals surface area contributed by atoms with E-state index < -0.39 is 23.2 Å². The molecule has 1 amide bonds. The Morgan fingerprint density at radius 2 is 1.79 bits per heavy atom. The van der Waals surface area contributed by atoms with E-state index in [1.807, 2.05) is 6.92 Å². The van der Waals surface area contributed by atoms with E-state index >= 15 is 0 Å². The van der Waals surface area contributed by atoms with Crippen molar-refractivity contribution in [3.63, 3.8) is 0 Å². The van der Waals surface area contributed by atoms with Crippen LogP contribution in [0.25, 0.3) is 0 Å². The molecule has 0 saturated carbocycles. The fourth-order valence-corrected chi connectivity index (χ4v) is 1.48. The van der Waals surface area contributed by atoms with Crippen LogP contribution >= 0.6 is 0 Å². The summed E-state index contributed by atoms with van der Waals surface area (Å²) >= 11 is 0. The third kappa shape index (κ3) is 2.74. The number of nitrogens with one attached hydrogen (secondary N) is 1. The van der Waals surface area contributed by atoms with Crippen molar-refractivity contribution in [2.75, 3.05) is 5.32 Å². The van der Waals surface area contributed by atoms with E-state index in [9.17, 15) is 20.1 Å². The Kier molecular flexibility index (Phi) is 3.24. The van der Waals surface area contributed by atoms with E-state index in [1.54, 1.807) is 12.1 Å². The Morgan fingerprint density at radius 1 is 1.16 bits per heavy atom. The summed E-state index contributed by atoms with van der Waals surface area (Å²) in [6.45, 7) is 1.82. The van der Waals surface area contributed by atoms with E-state index in [0.717, 1.165) is 17.8 Å². The SMILES string of the molecule is Cc1ccc(NC(=O)c2cc(O)c(O)c(O)c2)cn1. The summed E-state index contributed by atoms with van der Waals surface area (Å²) in [5, 5.41) is 30.4. The van der Waals surface area contributed by atoms with Crippen molar-refractivity contribution in [3.8, 4) is 17.2 Å². The third-order valence-corrected chi connectivity index (χ3v) is 2.50. The highest BCUT2D eigenvalue weighted by Crippen LogP contribution is 2.35. The fraction of sp³-hybridized carbons (Fsp3) is 0.0769. The van der Waals surface area contributed by atoms with E-state index in [2.05, 4.69) is 10.3 Å². The first kappa shape index (κ1) is 12.7. The number of hydrogen-bond donors (Lipinski definition) is 4. The maximum Gasteiger partial charge on any atom is 0.255 e. The van der Waals surface area contributed by atoms with Gasteiger partial charge >= 0.3 is 0 Å². The van der Waals surface area contributed by atoms with Crippen molar-refractivity contribution in [2.24, 2.45) is 0 Å². The summed E-state index contributed by atoms with van der Waals surface area (Å²) < 4.78 is 0. The van der Waals surface area contributed by atoms with Crippen molar-refractivity contribution < 1.29 is 20.1 Å². The van der Waals surface area contributed by atoms with Crippen LogP contribution in [0.1, 0.15) is 16.1 Å². The minimum Gasteiger partial charge on any atom is -0.504 e. The molecule has 0 aliphatic carbocycles. The molecule has 0 bridgehead atoms. The van der Waals surface area contributed by atoms with E-state index in [-0.39, 0.29) is 5.56 Å². The summed E-state index contributed by atoms with van der Waals surface area (Å²) in [7, 11) is 0. The number of pyridine rings is 1. The summed E-state index contributed by atoms with van der Waals surface area (Å²) in [6.07, 6.45) is 1.49. The highest BCUT2D eigenvalue weighted by Gasteiger charge is 2.13. The quantitative estimate of drug-likeness (QED) is 0.616. The standard InChI is InChI=1S/C13H12N2O4/c1-7-2-3-9(6-14-7)15-13(19)8-4-10(16)12(18)11(17)5-8/h2-6,16-18H,1H3,(H,15,19). The fourth-order valence-electron chi connectivity index (χ4n) is 1.48. The molecule has 2 rings (SSSR count). The van der Waals surface area contributed by atoms with Crippen molar-refractivity contribution >= 4 is 11.6 Å². The summed E-state index contributed by atoms with van der Waals surface area (Å²) in [6, 6.07) is 5.54. The highest BCUT2D eigenvalue weighted by atomic mass is 16.3. The van der Waals surface area contributed by atoms with Crippen molar-refractivity contribution in [2.45, 2.75) is 6.92 Å². The van der Waals surface area contributed by atoms with Crippen LogP contribution in [0.5, 0.6) is 17.2 Å². The Labute approximate surface area is 109 Å². The number of aromatic hydroxyl groups is 3. The Hall–Kier alpha value is -2.76. The van der Waals surface area contributed by atoms with Gasteiger partial charge in [0.2, 0.25) is 0 Å². The summed E-state index contributed by atoms with van der Waals surface area (Å²) in [5.74, 6) is -2.32. The van der Waals surface area contributed by atoms with Crippen molar-refractivity contribution in [1.29, 1.82) is 0 Å². The molecule has 2 aromatic rings. The molecule has 1 aromatic heterocycles. The van der Waals surface area contributed by atoms with E-state index in [4.69, 9.17) is 0 Å². The predicted octanol–water partition coefficient (Wildman–Crippen LogP) is 1.76. The van der Waals surface area contributed by atoms with E-state index in [1.165, 1.54) is 6.20 Å². The average molecular weight is 260 g/mol. The molecule has 0 atom stereocenters. The smallest absolute Gasteiger partial charge is 0.255 e. The Morgan fingerprint density at radius 3 is 2.32 bits per heavy atom. The second-order valence-electron chi connectivity index (χ2n) is 4.01. The van der Waals surface area contributed by atoms with Crippen molar-refractivity contribution in [1.82, 2.24) is 4.98 Å². The zero-order chi connectivity index (χ0) is 14.0. The third-order valence-electron chi connectivity index (χ3n) is 2.50. The second kappa shape index (κ2) is 4.85. The minimum absolute atomic E-state index is 0.0216. The maximum atomic E-state index is 11.9. The number of aryl methyl sites for hydroxylation is 1. The Bertz CT molecular complexity index is 600. The molecule has 0 unspecified atom stereocenters. The highest BCUT2D eigenvalue weighted by molar-refractivity contribution is 6.04. The lowest BCUT2D eigenvalue weighted by atomic mass is 10.1. The molecule has 0 radical (unpaired) electrons. The van der Waals surface area contributed by atoms with Crippen molar-refractivity contribution in [3.05, 3.63) is 41.7 Å². The molecule has 0 aliphatic heterocycles. The van der Waals surface area contributed by atoms with Crippen LogP contribution in [0.3, 0.4) is 0 Å². The monoisotopic (exact) mass is 260 g/mol. The molecule has 0 aliphatic rings. The normalized spacial score (nSPS) is 10.2. The summed E-state index contributed by atoms with van der Waals surface area (Å²) in [4.78, 5) is 15.9. The molecule has 6 nitrogen and oxygen atoms in total. The zero-order valence-electron chi connectivity index (χ0n) is 10.1. The molecular formula is C13H12N2O4. The Balaban J connectivity index is 2.23. The second-order valence-corrected chi connectivity index (χ2v) is 4.01. The summed E-state index contributed by atoms with van der Waals surface area (Å²) in [5.41, 5.74) is 1.33. The van der Waals surface area contributed by atoms with Gasteiger partial charge in [-0.25, -0.2) is 0 Å². The van der Waals surface area contributed by atoms with Crippen LogP contribution in [0.15, 0.2) is 30.5 Å². The minimum atomic E-state index is -0.659.